The van der Waals surface area contributed by atoms with Crippen LogP contribution in [-0.2, 0) is 4.79 Å². The molecule has 0 amide bonds. The van der Waals surface area contributed by atoms with Crippen LogP contribution in [0, 0.1) is 5.82 Å². The highest BCUT2D eigenvalue weighted by atomic mass is 79.9. The summed E-state index contributed by atoms with van der Waals surface area (Å²) in [5, 5.41) is 8.52. The van der Waals surface area contributed by atoms with Crippen molar-refractivity contribution in [3.8, 4) is 0 Å². The quantitative estimate of drug-likeness (QED) is 0.901. The van der Waals surface area contributed by atoms with E-state index in [4.69, 9.17) is 10.8 Å². The maximum Gasteiger partial charge on any atom is 0.305 e. The number of carboxylic acids is 1. The highest BCUT2D eigenvalue weighted by molar-refractivity contribution is 9.10. The standard InChI is InChI=1S/C9H9BrFNO2.ClH/c10-7-2-1-5(11)3-6(7)8(12)4-9(13)14;/h1-3,8H,4,12H2,(H,13,14);1H/t8-;/m1./s1. The maximum absolute atomic E-state index is 12.8. The monoisotopic (exact) mass is 297 g/mol. The van der Waals surface area contributed by atoms with E-state index in [-0.39, 0.29) is 18.8 Å². The van der Waals surface area contributed by atoms with Gasteiger partial charge in [0, 0.05) is 10.5 Å². The van der Waals surface area contributed by atoms with Gasteiger partial charge in [-0.05, 0) is 23.8 Å². The number of rotatable bonds is 3. The van der Waals surface area contributed by atoms with Crippen molar-refractivity contribution < 1.29 is 14.3 Å². The molecule has 1 atom stereocenters. The second-order valence-corrected chi connectivity index (χ2v) is 3.72. The maximum atomic E-state index is 12.8. The van der Waals surface area contributed by atoms with Gasteiger partial charge in [-0.1, -0.05) is 15.9 Å². The van der Waals surface area contributed by atoms with Crippen molar-refractivity contribution in [2.24, 2.45) is 5.73 Å². The van der Waals surface area contributed by atoms with Gasteiger partial charge in [-0.2, -0.15) is 0 Å². The van der Waals surface area contributed by atoms with Gasteiger partial charge < -0.3 is 10.8 Å². The highest BCUT2D eigenvalue weighted by Gasteiger charge is 2.14. The van der Waals surface area contributed by atoms with Crippen LogP contribution in [0.2, 0.25) is 0 Å². The van der Waals surface area contributed by atoms with E-state index in [0.717, 1.165) is 0 Å². The summed E-state index contributed by atoms with van der Waals surface area (Å²) in [6.45, 7) is 0. The van der Waals surface area contributed by atoms with E-state index in [1.807, 2.05) is 0 Å². The van der Waals surface area contributed by atoms with Crippen molar-refractivity contribution in [1.29, 1.82) is 0 Å². The zero-order valence-corrected chi connectivity index (χ0v) is 10.0. The van der Waals surface area contributed by atoms with Gasteiger partial charge in [-0.3, -0.25) is 4.79 Å². The molecule has 0 aromatic heterocycles. The van der Waals surface area contributed by atoms with Crippen molar-refractivity contribution in [2.45, 2.75) is 12.5 Å². The van der Waals surface area contributed by atoms with E-state index in [1.54, 1.807) is 0 Å². The van der Waals surface area contributed by atoms with Crippen LogP contribution in [0.3, 0.4) is 0 Å². The average molecular weight is 299 g/mol. The Hall–Kier alpha value is -0.650. The summed E-state index contributed by atoms with van der Waals surface area (Å²) in [5.41, 5.74) is 6.05. The van der Waals surface area contributed by atoms with Crippen LogP contribution in [0.25, 0.3) is 0 Å². The lowest BCUT2D eigenvalue weighted by Crippen LogP contribution is -2.15. The van der Waals surface area contributed by atoms with Crippen LogP contribution < -0.4 is 5.73 Å². The fourth-order valence-corrected chi connectivity index (χ4v) is 1.64. The molecule has 0 heterocycles. The van der Waals surface area contributed by atoms with Crippen LogP contribution in [0.5, 0.6) is 0 Å². The lowest BCUT2D eigenvalue weighted by molar-refractivity contribution is -0.137. The van der Waals surface area contributed by atoms with Crippen LogP contribution in [0.15, 0.2) is 22.7 Å². The van der Waals surface area contributed by atoms with E-state index < -0.39 is 17.8 Å². The fourth-order valence-electron chi connectivity index (χ4n) is 1.10. The molecule has 15 heavy (non-hydrogen) atoms. The predicted molar refractivity (Wildman–Crippen MR) is 60.5 cm³/mol. The molecule has 3 N–H and O–H groups in total. The SMILES string of the molecule is Cl.N[C@H](CC(=O)O)c1cc(F)ccc1Br. The zero-order chi connectivity index (χ0) is 10.7. The molecule has 3 nitrogen and oxygen atoms in total. The molecular formula is C9H10BrClFNO2. The third kappa shape index (κ3) is 4.15. The van der Waals surface area contributed by atoms with Gasteiger partial charge >= 0.3 is 5.97 Å². The third-order valence-electron chi connectivity index (χ3n) is 1.75. The number of aliphatic carboxylic acids is 1. The second kappa shape index (κ2) is 6.05. The van der Waals surface area contributed by atoms with Crippen molar-refractivity contribution in [3.63, 3.8) is 0 Å². The third-order valence-corrected chi connectivity index (χ3v) is 2.47. The van der Waals surface area contributed by atoms with Gasteiger partial charge in [0.1, 0.15) is 5.82 Å². The Morgan fingerprint density at radius 1 is 1.60 bits per heavy atom. The smallest absolute Gasteiger partial charge is 0.305 e. The number of carbonyl (C=O) groups is 1. The molecule has 1 rings (SSSR count). The van der Waals surface area contributed by atoms with E-state index in [9.17, 15) is 9.18 Å². The first-order valence-corrected chi connectivity index (χ1v) is 4.72. The number of halogens is 3. The summed E-state index contributed by atoms with van der Waals surface area (Å²) in [6, 6.07) is 3.32. The molecule has 0 fully saturated rings. The van der Waals surface area contributed by atoms with Gasteiger partial charge in [0.2, 0.25) is 0 Å². The van der Waals surface area contributed by atoms with Crippen molar-refractivity contribution in [3.05, 3.63) is 34.1 Å². The number of hydrogen-bond donors (Lipinski definition) is 2. The molecule has 0 unspecified atom stereocenters. The molecule has 1 aromatic rings. The predicted octanol–water partition coefficient (Wildman–Crippen LogP) is 2.48. The Morgan fingerprint density at radius 3 is 2.73 bits per heavy atom. The van der Waals surface area contributed by atoms with Crippen LogP contribution in [0.1, 0.15) is 18.0 Å². The van der Waals surface area contributed by atoms with E-state index in [2.05, 4.69) is 15.9 Å². The molecule has 0 saturated carbocycles. The van der Waals surface area contributed by atoms with Gasteiger partial charge in [0.15, 0.2) is 0 Å². The summed E-state index contributed by atoms with van der Waals surface area (Å²) in [6.07, 6.45) is -0.220. The average Bonchev–Trinajstić information content (AvgIpc) is 2.08. The van der Waals surface area contributed by atoms with Crippen molar-refractivity contribution in [1.82, 2.24) is 0 Å². The van der Waals surface area contributed by atoms with Gasteiger partial charge in [0.25, 0.3) is 0 Å². The molecule has 6 heteroatoms. The largest absolute Gasteiger partial charge is 0.481 e. The molecule has 0 spiro atoms. The fraction of sp³-hybridized carbons (Fsp3) is 0.222. The Balaban J connectivity index is 0.00000196. The van der Waals surface area contributed by atoms with E-state index >= 15 is 0 Å². The number of carboxylic acid groups (broad SMARTS) is 1. The second-order valence-electron chi connectivity index (χ2n) is 2.87. The number of nitrogens with two attached hydrogens (primary N) is 1. The summed E-state index contributed by atoms with van der Waals surface area (Å²) < 4.78 is 13.4. The summed E-state index contributed by atoms with van der Waals surface area (Å²) in [7, 11) is 0. The molecule has 1 aromatic carbocycles. The minimum Gasteiger partial charge on any atom is -0.481 e. The zero-order valence-electron chi connectivity index (χ0n) is 7.61. The molecule has 0 aliphatic heterocycles. The van der Waals surface area contributed by atoms with E-state index in [0.29, 0.717) is 10.0 Å². The first-order valence-electron chi connectivity index (χ1n) is 3.93. The van der Waals surface area contributed by atoms with Gasteiger partial charge in [-0.15, -0.1) is 12.4 Å². The first-order chi connectivity index (χ1) is 6.50. The van der Waals surface area contributed by atoms with Gasteiger partial charge in [0.05, 0.1) is 6.42 Å². The van der Waals surface area contributed by atoms with E-state index in [1.165, 1.54) is 18.2 Å². The molecule has 84 valence electrons. The number of hydrogen-bond acceptors (Lipinski definition) is 2. The molecule has 0 bridgehead atoms. The van der Waals surface area contributed by atoms with Crippen LogP contribution in [0.4, 0.5) is 4.39 Å². The highest BCUT2D eigenvalue weighted by Crippen LogP contribution is 2.24. The molecule has 0 aliphatic carbocycles. The Kier molecular flexibility index (Phi) is 5.79. The van der Waals surface area contributed by atoms with Crippen molar-refractivity contribution in [2.75, 3.05) is 0 Å². The molecule has 0 aliphatic rings. The van der Waals surface area contributed by atoms with Crippen LogP contribution in [-0.4, -0.2) is 11.1 Å². The molecule has 0 saturated heterocycles. The molecule has 0 radical (unpaired) electrons. The number of benzene rings is 1. The minimum atomic E-state index is -1.01. The first kappa shape index (κ1) is 14.3. The van der Waals surface area contributed by atoms with Gasteiger partial charge in [-0.25, -0.2) is 4.39 Å². The Labute approximate surface area is 101 Å². The topological polar surface area (TPSA) is 63.3 Å². The van der Waals surface area contributed by atoms with Crippen molar-refractivity contribution >= 4 is 34.3 Å². The lowest BCUT2D eigenvalue weighted by Gasteiger charge is -2.11. The summed E-state index contributed by atoms with van der Waals surface area (Å²) in [4.78, 5) is 10.4. The van der Waals surface area contributed by atoms with Crippen LogP contribution >= 0.6 is 28.3 Å². The Morgan fingerprint density at radius 2 is 2.20 bits per heavy atom. The summed E-state index contributed by atoms with van der Waals surface area (Å²) >= 11 is 3.18. The Bertz CT molecular complexity index is 362. The lowest BCUT2D eigenvalue weighted by atomic mass is 10.1. The minimum absolute atomic E-state index is 0. The summed E-state index contributed by atoms with van der Waals surface area (Å²) in [5.74, 6) is -1.43. The molecular weight excluding hydrogens is 288 g/mol. The normalized spacial score (nSPS) is 11.7.